The lowest BCUT2D eigenvalue weighted by Gasteiger charge is -2.38. The van der Waals surface area contributed by atoms with E-state index in [1.807, 2.05) is 0 Å². The van der Waals surface area contributed by atoms with Crippen molar-refractivity contribution in [1.82, 2.24) is 4.90 Å². The van der Waals surface area contributed by atoms with E-state index < -0.39 is 0 Å². The summed E-state index contributed by atoms with van der Waals surface area (Å²) in [6, 6.07) is 12.1. The normalized spacial score (nSPS) is 30.5. The standard InChI is InChI=1S/C15H19NO/c1-11(12-5-3-2-4-6-12)16-13-7-8-14(16)10-15(17)9-13/h2-6,11,13-14H,7-10H2,1H3/t11-,13?,14?/m0/s1. The fourth-order valence-electron chi connectivity index (χ4n) is 3.54. The van der Waals surface area contributed by atoms with Gasteiger partial charge in [0.15, 0.2) is 0 Å². The van der Waals surface area contributed by atoms with Crippen LogP contribution in [0.3, 0.4) is 0 Å². The summed E-state index contributed by atoms with van der Waals surface area (Å²) in [6.45, 7) is 2.27. The van der Waals surface area contributed by atoms with Crippen LogP contribution >= 0.6 is 0 Å². The molecule has 1 aromatic rings. The van der Waals surface area contributed by atoms with Crippen molar-refractivity contribution in [1.29, 1.82) is 0 Å². The molecule has 2 bridgehead atoms. The summed E-state index contributed by atoms with van der Waals surface area (Å²) in [5, 5.41) is 0. The number of piperidine rings is 1. The molecule has 0 amide bonds. The van der Waals surface area contributed by atoms with Crippen LogP contribution in [-0.2, 0) is 4.79 Å². The van der Waals surface area contributed by atoms with E-state index in [0.717, 1.165) is 12.8 Å². The van der Waals surface area contributed by atoms with Gasteiger partial charge < -0.3 is 0 Å². The first-order valence-electron chi connectivity index (χ1n) is 6.60. The Kier molecular flexibility index (Phi) is 2.75. The number of benzene rings is 1. The van der Waals surface area contributed by atoms with Gasteiger partial charge in [-0.15, -0.1) is 0 Å². The average Bonchev–Trinajstić information content (AvgIpc) is 2.62. The molecule has 2 fully saturated rings. The third-order valence-corrected chi connectivity index (χ3v) is 4.33. The Hall–Kier alpha value is -1.15. The highest BCUT2D eigenvalue weighted by molar-refractivity contribution is 5.81. The van der Waals surface area contributed by atoms with E-state index in [-0.39, 0.29) is 0 Å². The minimum atomic E-state index is 0.446. The van der Waals surface area contributed by atoms with Gasteiger partial charge in [-0.2, -0.15) is 0 Å². The molecule has 3 atom stereocenters. The van der Waals surface area contributed by atoms with Crippen LogP contribution in [0.2, 0.25) is 0 Å². The molecule has 2 nitrogen and oxygen atoms in total. The Morgan fingerprint density at radius 3 is 2.29 bits per heavy atom. The predicted octanol–water partition coefficient (Wildman–Crippen LogP) is 2.94. The molecular formula is C15H19NO. The van der Waals surface area contributed by atoms with E-state index in [1.54, 1.807) is 0 Å². The number of carbonyl (C=O) groups excluding carboxylic acids is 1. The molecule has 17 heavy (non-hydrogen) atoms. The van der Waals surface area contributed by atoms with Gasteiger partial charge in [0.05, 0.1) is 0 Å². The molecule has 90 valence electrons. The van der Waals surface area contributed by atoms with E-state index in [0.29, 0.717) is 23.9 Å². The molecule has 2 heteroatoms. The Morgan fingerprint density at radius 1 is 1.12 bits per heavy atom. The Bertz CT molecular complexity index is 398. The Balaban J connectivity index is 1.84. The van der Waals surface area contributed by atoms with Crippen LogP contribution in [0.1, 0.15) is 44.2 Å². The molecule has 2 aliphatic rings. The molecule has 2 unspecified atom stereocenters. The lowest BCUT2D eigenvalue weighted by atomic mass is 9.96. The highest BCUT2D eigenvalue weighted by atomic mass is 16.1. The highest BCUT2D eigenvalue weighted by Gasteiger charge is 2.42. The molecule has 0 aliphatic carbocycles. The van der Waals surface area contributed by atoms with E-state index in [1.165, 1.54) is 18.4 Å². The summed E-state index contributed by atoms with van der Waals surface area (Å²) in [5.74, 6) is 0.467. The lowest BCUT2D eigenvalue weighted by Crippen LogP contribution is -2.44. The summed E-state index contributed by atoms with van der Waals surface area (Å²) in [6.07, 6.45) is 3.95. The zero-order valence-corrected chi connectivity index (χ0v) is 10.3. The number of rotatable bonds is 2. The van der Waals surface area contributed by atoms with Crippen molar-refractivity contribution in [2.45, 2.75) is 50.7 Å². The number of ketones is 1. The van der Waals surface area contributed by atoms with Gasteiger partial charge in [-0.3, -0.25) is 9.69 Å². The second-order valence-corrected chi connectivity index (χ2v) is 5.37. The van der Waals surface area contributed by atoms with Crippen molar-refractivity contribution in [2.24, 2.45) is 0 Å². The van der Waals surface area contributed by atoms with Crippen LogP contribution in [0.4, 0.5) is 0 Å². The molecule has 2 saturated heterocycles. The fourth-order valence-corrected chi connectivity index (χ4v) is 3.54. The van der Waals surface area contributed by atoms with Crippen LogP contribution in [0.15, 0.2) is 30.3 Å². The van der Waals surface area contributed by atoms with Gasteiger partial charge in [-0.25, -0.2) is 0 Å². The smallest absolute Gasteiger partial charge is 0.136 e. The average molecular weight is 229 g/mol. The predicted molar refractivity (Wildman–Crippen MR) is 67.7 cm³/mol. The topological polar surface area (TPSA) is 20.3 Å². The molecular weight excluding hydrogens is 210 g/mol. The van der Waals surface area contributed by atoms with Gasteiger partial charge in [0, 0.05) is 31.0 Å². The second-order valence-electron chi connectivity index (χ2n) is 5.37. The van der Waals surface area contributed by atoms with E-state index in [9.17, 15) is 4.79 Å². The van der Waals surface area contributed by atoms with Gasteiger partial charge in [-0.05, 0) is 25.3 Å². The largest absolute Gasteiger partial charge is 0.300 e. The molecule has 0 spiro atoms. The maximum absolute atomic E-state index is 11.6. The number of Topliss-reactive ketones (excluding diaryl/α,β-unsaturated/α-hetero) is 1. The van der Waals surface area contributed by atoms with E-state index in [2.05, 4.69) is 42.2 Å². The van der Waals surface area contributed by atoms with Crippen LogP contribution in [0.5, 0.6) is 0 Å². The van der Waals surface area contributed by atoms with Gasteiger partial charge in [0.2, 0.25) is 0 Å². The van der Waals surface area contributed by atoms with Crippen molar-refractivity contribution in [3.63, 3.8) is 0 Å². The quantitative estimate of drug-likeness (QED) is 0.777. The molecule has 2 heterocycles. The molecule has 0 N–H and O–H groups in total. The zero-order valence-electron chi connectivity index (χ0n) is 10.3. The summed E-state index contributed by atoms with van der Waals surface area (Å²) >= 11 is 0. The number of hydrogen-bond donors (Lipinski definition) is 0. The zero-order chi connectivity index (χ0) is 11.8. The SMILES string of the molecule is C[C@@H](c1ccccc1)N1C2CCC1CC(=O)C2. The van der Waals surface area contributed by atoms with Crippen LogP contribution in [0, 0.1) is 0 Å². The van der Waals surface area contributed by atoms with Crippen LogP contribution < -0.4 is 0 Å². The van der Waals surface area contributed by atoms with Gasteiger partial charge in [-0.1, -0.05) is 30.3 Å². The van der Waals surface area contributed by atoms with Crippen LogP contribution in [-0.4, -0.2) is 22.8 Å². The Morgan fingerprint density at radius 2 is 1.71 bits per heavy atom. The van der Waals surface area contributed by atoms with Crippen molar-refractivity contribution in [3.8, 4) is 0 Å². The number of hydrogen-bond acceptors (Lipinski definition) is 2. The summed E-state index contributed by atoms with van der Waals surface area (Å²) in [4.78, 5) is 14.2. The monoisotopic (exact) mass is 229 g/mol. The third-order valence-electron chi connectivity index (χ3n) is 4.33. The number of nitrogens with zero attached hydrogens (tertiary/aromatic N) is 1. The molecule has 2 aliphatic heterocycles. The third kappa shape index (κ3) is 1.91. The highest BCUT2D eigenvalue weighted by Crippen LogP contribution is 2.39. The van der Waals surface area contributed by atoms with Crippen molar-refractivity contribution in [2.75, 3.05) is 0 Å². The minimum Gasteiger partial charge on any atom is -0.300 e. The maximum atomic E-state index is 11.6. The maximum Gasteiger partial charge on any atom is 0.136 e. The molecule has 0 aromatic heterocycles. The molecule has 0 saturated carbocycles. The first kappa shape index (κ1) is 11.0. The summed E-state index contributed by atoms with van der Waals surface area (Å²) in [5.41, 5.74) is 1.37. The molecule has 1 aromatic carbocycles. The number of carbonyl (C=O) groups is 1. The first-order valence-corrected chi connectivity index (χ1v) is 6.60. The Labute approximate surface area is 103 Å². The van der Waals surface area contributed by atoms with Crippen LogP contribution in [0.25, 0.3) is 0 Å². The van der Waals surface area contributed by atoms with Gasteiger partial charge in [0.1, 0.15) is 5.78 Å². The van der Waals surface area contributed by atoms with E-state index >= 15 is 0 Å². The summed E-state index contributed by atoms with van der Waals surface area (Å²) in [7, 11) is 0. The van der Waals surface area contributed by atoms with Gasteiger partial charge in [0.25, 0.3) is 0 Å². The lowest BCUT2D eigenvalue weighted by molar-refractivity contribution is -0.124. The van der Waals surface area contributed by atoms with Crippen molar-refractivity contribution >= 4 is 5.78 Å². The number of fused-ring (bicyclic) bond motifs is 2. The van der Waals surface area contributed by atoms with E-state index in [4.69, 9.17) is 0 Å². The van der Waals surface area contributed by atoms with Crippen molar-refractivity contribution in [3.05, 3.63) is 35.9 Å². The molecule has 3 rings (SSSR count). The van der Waals surface area contributed by atoms with Crippen molar-refractivity contribution < 1.29 is 4.79 Å². The second kappa shape index (κ2) is 4.26. The van der Waals surface area contributed by atoms with Gasteiger partial charge >= 0.3 is 0 Å². The molecule has 0 radical (unpaired) electrons. The fraction of sp³-hybridized carbons (Fsp3) is 0.533. The first-order chi connectivity index (χ1) is 8.25. The summed E-state index contributed by atoms with van der Waals surface area (Å²) < 4.78 is 0. The minimum absolute atomic E-state index is 0.446.